The molecule has 4 rings (SSSR count). The number of carbonyl (C=O) groups is 1. The Morgan fingerprint density at radius 1 is 1.14 bits per heavy atom. The number of halogens is 2. The van der Waals surface area contributed by atoms with Crippen molar-refractivity contribution in [2.24, 2.45) is 5.92 Å². The van der Waals surface area contributed by atoms with Crippen LogP contribution in [0.4, 0.5) is 8.78 Å². The Hall–Kier alpha value is -2.67. The zero-order chi connectivity index (χ0) is 19.7. The lowest BCUT2D eigenvalue weighted by molar-refractivity contribution is -0.287. The summed E-state index contributed by atoms with van der Waals surface area (Å²) in [6.45, 7) is 3.70. The van der Waals surface area contributed by atoms with Crippen molar-refractivity contribution in [1.82, 2.24) is 4.90 Å². The molecule has 2 aromatic carbocycles. The minimum absolute atomic E-state index is 0.00774. The molecule has 0 radical (unpaired) electrons. The zero-order valence-electron chi connectivity index (χ0n) is 15.4. The number of fused-ring (bicyclic) bond motifs is 1. The smallest absolute Gasteiger partial charge is 0.466 e. The quantitative estimate of drug-likeness (QED) is 0.729. The molecule has 0 saturated carbocycles. The van der Waals surface area contributed by atoms with Crippen molar-refractivity contribution in [3.05, 3.63) is 59.7 Å². The number of carbonyl (C=O) groups excluding carboxylic acids is 1. The van der Waals surface area contributed by atoms with E-state index in [0.717, 1.165) is 5.56 Å². The lowest BCUT2D eigenvalue weighted by atomic mass is 9.88. The second kappa shape index (κ2) is 7.39. The number of alkyl halides is 2. The van der Waals surface area contributed by atoms with Crippen molar-refractivity contribution < 1.29 is 27.8 Å². The Balaban J connectivity index is 1.63. The van der Waals surface area contributed by atoms with E-state index in [2.05, 4.69) is 9.64 Å². The van der Waals surface area contributed by atoms with Crippen LogP contribution in [-0.2, 0) is 16.1 Å². The molecule has 0 aromatic heterocycles. The molecule has 2 aliphatic rings. The molecule has 0 N–H and O–H groups in total. The highest BCUT2D eigenvalue weighted by Gasteiger charge is 2.48. The summed E-state index contributed by atoms with van der Waals surface area (Å²) in [5.41, 5.74) is 1.67. The van der Waals surface area contributed by atoms with Crippen molar-refractivity contribution in [2.45, 2.75) is 25.7 Å². The van der Waals surface area contributed by atoms with Gasteiger partial charge in [0.15, 0.2) is 11.5 Å². The summed E-state index contributed by atoms with van der Waals surface area (Å²) in [6.07, 6.45) is -3.69. The van der Waals surface area contributed by atoms with E-state index >= 15 is 0 Å². The highest BCUT2D eigenvalue weighted by Crippen LogP contribution is 2.48. The van der Waals surface area contributed by atoms with E-state index in [9.17, 15) is 13.6 Å². The molecule has 2 heterocycles. The number of hydrogen-bond acceptors (Lipinski definition) is 5. The number of rotatable bonds is 5. The maximum Gasteiger partial charge on any atom is 0.586 e. The Bertz CT molecular complexity index is 859. The fraction of sp³-hybridized carbons (Fsp3) is 0.381. The molecule has 2 aromatic rings. The van der Waals surface area contributed by atoms with Gasteiger partial charge in [0.1, 0.15) is 0 Å². The van der Waals surface area contributed by atoms with Gasteiger partial charge in [-0.05, 0) is 18.6 Å². The van der Waals surface area contributed by atoms with E-state index in [-0.39, 0.29) is 30.0 Å². The van der Waals surface area contributed by atoms with Gasteiger partial charge in [-0.15, -0.1) is 8.78 Å². The number of ether oxygens (including phenoxy) is 3. The fourth-order valence-electron chi connectivity index (χ4n) is 3.94. The lowest BCUT2D eigenvalue weighted by Crippen LogP contribution is -2.27. The van der Waals surface area contributed by atoms with Crippen LogP contribution in [0.5, 0.6) is 11.5 Å². The van der Waals surface area contributed by atoms with Crippen LogP contribution in [0, 0.1) is 5.92 Å². The van der Waals surface area contributed by atoms with Gasteiger partial charge in [-0.2, -0.15) is 0 Å². The van der Waals surface area contributed by atoms with Crippen molar-refractivity contribution in [1.29, 1.82) is 0 Å². The number of nitrogens with zero attached hydrogens (tertiary/aromatic N) is 1. The maximum atomic E-state index is 13.6. The summed E-state index contributed by atoms with van der Waals surface area (Å²) in [6, 6.07) is 14.7. The molecule has 28 heavy (non-hydrogen) atoms. The van der Waals surface area contributed by atoms with E-state index in [0.29, 0.717) is 25.2 Å². The Morgan fingerprint density at radius 2 is 1.93 bits per heavy atom. The number of hydrogen-bond donors (Lipinski definition) is 0. The molecule has 2 unspecified atom stereocenters. The van der Waals surface area contributed by atoms with Gasteiger partial charge in [0.25, 0.3) is 0 Å². The highest BCUT2D eigenvalue weighted by molar-refractivity contribution is 5.75. The third-order valence-corrected chi connectivity index (χ3v) is 5.09. The van der Waals surface area contributed by atoms with Crippen LogP contribution < -0.4 is 9.47 Å². The summed E-state index contributed by atoms with van der Waals surface area (Å²) < 4.78 is 41.8. The Labute approximate surface area is 161 Å². The van der Waals surface area contributed by atoms with E-state index in [1.807, 2.05) is 30.3 Å². The third kappa shape index (κ3) is 3.67. The van der Waals surface area contributed by atoms with Crippen molar-refractivity contribution in [3.8, 4) is 11.5 Å². The number of para-hydroxylation sites is 1. The summed E-state index contributed by atoms with van der Waals surface area (Å²) in [4.78, 5) is 14.7. The predicted molar refractivity (Wildman–Crippen MR) is 97.2 cm³/mol. The minimum Gasteiger partial charge on any atom is -0.466 e. The van der Waals surface area contributed by atoms with Gasteiger partial charge < -0.3 is 14.2 Å². The van der Waals surface area contributed by atoms with E-state index in [1.54, 1.807) is 19.1 Å². The molecule has 0 aliphatic carbocycles. The molecule has 2 aliphatic heterocycles. The van der Waals surface area contributed by atoms with Gasteiger partial charge in [0.2, 0.25) is 0 Å². The first-order chi connectivity index (χ1) is 13.5. The van der Waals surface area contributed by atoms with Crippen LogP contribution in [0.25, 0.3) is 0 Å². The SMILES string of the molecule is CCOC(=O)C1CN(Cc2ccccc2)CC1c1cccc2c1OC(F)(F)O2. The normalized spacial score (nSPS) is 23.0. The second-order valence-corrected chi connectivity index (χ2v) is 6.99. The highest BCUT2D eigenvalue weighted by atomic mass is 19.3. The number of benzene rings is 2. The lowest BCUT2D eigenvalue weighted by Gasteiger charge is -2.19. The summed E-state index contributed by atoms with van der Waals surface area (Å²) in [5, 5.41) is 0. The molecule has 5 nitrogen and oxygen atoms in total. The molecule has 148 valence electrons. The van der Waals surface area contributed by atoms with Crippen LogP contribution in [0.2, 0.25) is 0 Å². The summed E-state index contributed by atoms with van der Waals surface area (Å²) >= 11 is 0. The summed E-state index contributed by atoms with van der Waals surface area (Å²) in [7, 11) is 0. The van der Waals surface area contributed by atoms with Crippen LogP contribution in [0.15, 0.2) is 48.5 Å². The van der Waals surface area contributed by atoms with Gasteiger partial charge in [-0.1, -0.05) is 42.5 Å². The first kappa shape index (κ1) is 18.7. The largest absolute Gasteiger partial charge is 0.586 e. The Kier molecular flexibility index (Phi) is 4.93. The van der Waals surface area contributed by atoms with Crippen LogP contribution in [0.1, 0.15) is 24.0 Å². The van der Waals surface area contributed by atoms with Crippen molar-refractivity contribution in [2.75, 3.05) is 19.7 Å². The topological polar surface area (TPSA) is 48.0 Å². The number of esters is 1. The van der Waals surface area contributed by atoms with E-state index in [1.165, 1.54) is 6.07 Å². The minimum atomic E-state index is -3.69. The first-order valence-corrected chi connectivity index (χ1v) is 9.28. The van der Waals surface area contributed by atoms with Crippen molar-refractivity contribution >= 4 is 5.97 Å². The molecule has 1 saturated heterocycles. The summed E-state index contributed by atoms with van der Waals surface area (Å²) in [5.74, 6) is -1.12. The average molecular weight is 389 g/mol. The number of likely N-dealkylation sites (tertiary alicyclic amines) is 1. The molecule has 7 heteroatoms. The van der Waals surface area contributed by atoms with Gasteiger partial charge in [0.05, 0.1) is 12.5 Å². The molecular formula is C21H21F2NO4. The average Bonchev–Trinajstić information content (AvgIpc) is 3.21. The molecule has 2 atom stereocenters. The zero-order valence-corrected chi connectivity index (χ0v) is 15.4. The van der Waals surface area contributed by atoms with E-state index < -0.39 is 12.2 Å². The van der Waals surface area contributed by atoms with Crippen LogP contribution >= 0.6 is 0 Å². The van der Waals surface area contributed by atoms with Crippen LogP contribution in [-0.4, -0.2) is 36.9 Å². The molecular weight excluding hydrogens is 368 g/mol. The van der Waals surface area contributed by atoms with Crippen molar-refractivity contribution in [3.63, 3.8) is 0 Å². The molecule has 0 spiro atoms. The van der Waals surface area contributed by atoms with E-state index in [4.69, 9.17) is 9.47 Å². The van der Waals surface area contributed by atoms with Gasteiger partial charge >= 0.3 is 12.3 Å². The predicted octanol–water partition coefficient (Wildman–Crippen LogP) is 3.79. The molecule has 0 bridgehead atoms. The van der Waals surface area contributed by atoms with Gasteiger partial charge in [0, 0.05) is 31.1 Å². The first-order valence-electron chi connectivity index (χ1n) is 9.28. The Morgan fingerprint density at radius 3 is 2.68 bits per heavy atom. The molecule has 1 fully saturated rings. The van der Waals surface area contributed by atoms with Gasteiger partial charge in [-0.3, -0.25) is 9.69 Å². The monoisotopic (exact) mass is 389 g/mol. The fourth-order valence-corrected chi connectivity index (χ4v) is 3.94. The van der Waals surface area contributed by atoms with Crippen LogP contribution in [0.3, 0.4) is 0 Å². The third-order valence-electron chi connectivity index (χ3n) is 5.09. The maximum absolute atomic E-state index is 13.6. The standard InChI is InChI=1S/C21H21F2NO4/c1-2-26-20(25)17-13-24(11-14-7-4-3-5-8-14)12-16(17)15-9-6-10-18-19(15)28-21(22,23)27-18/h3-10,16-17H,2,11-13H2,1H3. The molecule has 0 amide bonds. The van der Waals surface area contributed by atoms with Gasteiger partial charge in [-0.25, -0.2) is 0 Å². The second-order valence-electron chi connectivity index (χ2n) is 6.99.